The van der Waals surface area contributed by atoms with Crippen LogP contribution in [0, 0.1) is 22.0 Å². The zero-order valence-electron chi connectivity index (χ0n) is 29.1. The molecule has 8 nitrogen and oxygen atoms in total. The van der Waals surface area contributed by atoms with Gasteiger partial charge in [-0.2, -0.15) is 0 Å². The lowest BCUT2D eigenvalue weighted by atomic mass is 9.86. The fourth-order valence-electron chi connectivity index (χ4n) is 8.44. The molecule has 254 valence electrons. The minimum Gasteiger partial charge on any atom is -0.399 e. The molecule has 0 radical (unpaired) electrons. The smallest absolute Gasteiger partial charge is 0.269 e. The first kappa shape index (κ1) is 34.8. The van der Waals surface area contributed by atoms with E-state index in [1.165, 1.54) is 119 Å². The van der Waals surface area contributed by atoms with Crippen molar-refractivity contribution in [1.29, 1.82) is 0 Å². The van der Waals surface area contributed by atoms with Crippen molar-refractivity contribution in [3.63, 3.8) is 0 Å². The number of piperidine rings is 2. The standard InChI is InChI=1S/C19H29N3O2.C19H31N3/c1-3-21(14-15-8-10-20(2)11-9-15)18-6-4-16-5-7-19(22(23)24)13-17(16)12-18;1-3-22(14-15-8-10-21(2)11-9-15)19-7-5-16-4-6-18(20)12-17(16)13-19/h5,7,13,15,18H,3-4,6,8-12,14H2,1-2H3;4,6,12,15,19H,3,5,7-11,13-14,20H2,1-2H3. The van der Waals surface area contributed by atoms with E-state index in [1.807, 2.05) is 6.07 Å². The van der Waals surface area contributed by atoms with E-state index < -0.39 is 0 Å². The van der Waals surface area contributed by atoms with Gasteiger partial charge in [-0.3, -0.25) is 10.1 Å². The van der Waals surface area contributed by atoms with Gasteiger partial charge in [-0.15, -0.1) is 0 Å². The number of likely N-dealkylation sites (tertiary alicyclic amines) is 2. The molecule has 2 aromatic rings. The average Bonchev–Trinajstić information content (AvgIpc) is 3.07. The molecule has 2 N–H and O–H groups in total. The number of nitro benzene ring substituents is 1. The van der Waals surface area contributed by atoms with Crippen LogP contribution >= 0.6 is 0 Å². The molecule has 0 spiro atoms. The number of fused-ring (bicyclic) bond motifs is 2. The summed E-state index contributed by atoms with van der Waals surface area (Å²) in [6.45, 7) is 14.2. The Bertz CT molecular complexity index is 1270. The van der Waals surface area contributed by atoms with E-state index in [0.29, 0.717) is 12.1 Å². The van der Waals surface area contributed by atoms with Gasteiger partial charge in [-0.05, 0) is 164 Å². The average molecular weight is 633 g/mol. The molecule has 0 bridgehead atoms. The number of benzene rings is 2. The third kappa shape index (κ3) is 9.30. The first-order valence-corrected chi connectivity index (χ1v) is 18.2. The van der Waals surface area contributed by atoms with Gasteiger partial charge in [0.25, 0.3) is 5.69 Å². The Morgan fingerprint density at radius 2 is 1.17 bits per heavy atom. The Morgan fingerprint density at radius 1 is 0.717 bits per heavy atom. The van der Waals surface area contributed by atoms with Gasteiger partial charge in [-0.25, -0.2) is 0 Å². The predicted molar refractivity (Wildman–Crippen MR) is 191 cm³/mol. The molecule has 0 aromatic heterocycles. The highest BCUT2D eigenvalue weighted by Crippen LogP contribution is 2.30. The first-order chi connectivity index (χ1) is 22.2. The summed E-state index contributed by atoms with van der Waals surface area (Å²) in [5, 5.41) is 11.0. The third-order valence-electron chi connectivity index (χ3n) is 11.5. The summed E-state index contributed by atoms with van der Waals surface area (Å²) in [6.07, 6.45) is 12.2. The number of nitrogens with two attached hydrogens (primary N) is 1. The number of aryl methyl sites for hydroxylation is 2. The Balaban J connectivity index is 0.000000182. The number of rotatable bonds is 9. The maximum atomic E-state index is 11.0. The predicted octanol–water partition coefficient (Wildman–Crippen LogP) is 5.91. The largest absolute Gasteiger partial charge is 0.399 e. The van der Waals surface area contributed by atoms with Crippen molar-refractivity contribution >= 4 is 11.4 Å². The molecule has 2 unspecified atom stereocenters. The number of nitrogens with zero attached hydrogens (tertiary/aromatic N) is 5. The van der Waals surface area contributed by atoms with Gasteiger partial charge < -0.3 is 25.3 Å². The maximum Gasteiger partial charge on any atom is 0.269 e. The fraction of sp³-hybridized carbons (Fsp3) is 0.684. The van der Waals surface area contributed by atoms with Crippen LogP contribution in [0.1, 0.15) is 74.6 Å². The number of anilines is 1. The summed E-state index contributed by atoms with van der Waals surface area (Å²) in [5.74, 6) is 1.69. The molecule has 2 heterocycles. The first-order valence-electron chi connectivity index (χ1n) is 18.2. The molecule has 4 aliphatic rings. The number of nitro groups is 1. The van der Waals surface area contributed by atoms with Crippen LogP contribution in [0.2, 0.25) is 0 Å². The minimum atomic E-state index is -0.278. The van der Waals surface area contributed by atoms with Crippen molar-refractivity contribution in [3.8, 4) is 0 Å². The van der Waals surface area contributed by atoms with E-state index in [-0.39, 0.29) is 10.6 Å². The van der Waals surface area contributed by atoms with Gasteiger partial charge >= 0.3 is 0 Å². The van der Waals surface area contributed by atoms with E-state index in [0.717, 1.165) is 36.9 Å². The lowest BCUT2D eigenvalue weighted by Gasteiger charge is -2.38. The number of hydrogen-bond donors (Lipinski definition) is 1. The van der Waals surface area contributed by atoms with Gasteiger partial charge in [0.1, 0.15) is 0 Å². The molecule has 2 aliphatic carbocycles. The highest BCUT2D eigenvalue weighted by Gasteiger charge is 2.29. The molecule has 2 aromatic carbocycles. The summed E-state index contributed by atoms with van der Waals surface area (Å²) in [7, 11) is 4.45. The Hall–Kier alpha value is -2.52. The fourth-order valence-corrected chi connectivity index (χ4v) is 8.44. The van der Waals surface area contributed by atoms with Crippen molar-refractivity contribution in [3.05, 3.63) is 68.8 Å². The van der Waals surface area contributed by atoms with E-state index in [2.05, 4.69) is 65.7 Å². The Labute approximate surface area is 278 Å². The molecule has 2 fully saturated rings. The number of hydrogen-bond acceptors (Lipinski definition) is 7. The van der Waals surface area contributed by atoms with E-state index >= 15 is 0 Å². The Morgan fingerprint density at radius 3 is 1.63 bits per heavy atom. The van der Waals surface area contributed by atoms with Gasteiger partial charge in [0.05, 0.1) is 4.92 Å². The summed E-state index contributed by atoms with van der Waals surface area (Å²) >= 11 is 0. The van der Waals surface area contributed by atoms with E-state index in [4.69, 9.17) is 5.73 Å². The van der Waals surface area contributed by atoms with E-state index in [9.17, 15) is 10.1 Å². The summed E-state index contributed by atoms with van der Waals surface area (Å²) < 4.78 is 0. The molecule has 2 atom stereocenters. The lowest BCUT2D eigenvalue weighted by molar-refractivity contribution is -0.384. The van der Waals surface area contributed by atoms with Crippen LogP contribution in [0.5, 0.6) is 0 Å². The Kier molecular flexibility index (Phi) is 12.5. The van der Waals surface area contributed by atoms with Gasteiger partial charge in [0.2, 0.25) is 0 Å². The zero-order chi connectivity index (χ0) is 32.6. The van der Waals surface area contributed by atoms with Gasteiger partial charge in [-0.1, -0.05) is 26.0 Å². The normalized spacial score (nSPS) is 23.1. The van der Waals surface area contributed by atoms with Crippen molar-refractivity contribution in [2.24, 2.45) is 11.8 Å². The highest BCUT2D eigenvalue weighted by molar-refractivity contribution is 5.46. The summed E-state index contributed by atoms with van der Waals surface area (Å²) in [5.41, 5.74) is 12.6. The van der Waals surface area contributed by atoms with Crippen molar-refractivity contribution in [2.45, 2.75) is 90.1 Å². The van der Waals surface area contributed by atoms with Crippen LogP contribution in [-0.2, 0) is 25.7 Å². The molecule has 6 rings (SSSR count). The maximum absolute atomic E-state index is 11.0. The molecule has 46 heavy (non-hydrogen) atoms. The molecule has 8 heteroatoms. The van der Waals surface area contributed by atoms with Crippen LogP contribution in [0.4, 0.5) is 11.4 Å². The SMILES string of the molecule is CCN(CC1CCN(C)CC1)C1CCc2ccc(N)cc2C1.CCN(CC1CCN(C)CC1)C1CCc2ccc([N+](=O)[O-])cc2C1. The van der Waals surface area contributed by atoms with Crippen LogP contribution in [-0.4, -0.2) is 103 Å². The second-order valence-corrected chi connectivity index (χ2v) is 14.7. The quantitative estimate of drug-likeness (QED) is 0.209. The highest BCUT2D eigenvalue weighted by atomic mass is 16.6. The van der Waals surface area contributed by atoms with Crippen molar-refractivity contribution < 1.29 is 4.92 Å². The van der Waals surface area contributed by atoms with E-state index in [1.54, 1.807) is 12.1 Å². The molecular weight excluding hydrogens is 572 g/mol. The van der Waals surface area contributed by atoms with Crippen LogP contribution in [0.25, 0.3) is 0 Å². The lowest BCUT2D eigenvalue weighted by Crippen LogP contribution is -2.44. The van der Waals surface area contributed by atoms with Crippen molar-refractivity contribution in [1.82, 2.24) is 19.6 Å². The number of non-ortho nitro benzene ring substituents is 1. The second kappa shape index (κ2) is 16.5. The van der Waals surface area contributed by atoms with Gasteiger partial charge in [0.15, 0.2) is 0 Å². The monoisotopic (exact) mass is 632 g/mol. The molecule has 2 saturated heterocycles. The minimum absolute atomic E-state index is 0.229. The third-order valence-corrected chi connectivity index (χ3v) is 11.5. The number of likely N-dealkylation sites (N-methyl/N-ethyl adjacent to an activating group) is 2. The molecule has 2 aliphatic heterocycles. The molecule has 0 saturated carbocycles. The molecular formula is C38H60N6O2. The van der Waals surface area contributed by atoms with Crippen molar-refractivity contribution in [2.75, 3.05) is 72.2 Å². The second-order valence-electron chi connectivity index (χ2n) is 14.7. The topological polar surface area (TPSA) is 82.1 Å². The zero-order valence-corrected chi connectivity index (χ0v) is 29.1. The van der Waals surface area contributed by atoms with Crippen LogP contribution in [0.3, 0.4) is 0 Å². The molecule has 0 amide bonds. The summed E-state index contributed by atoms with van der Waals surface area (Å²) in [4.78, 5) is 21.0. The summed E-state index contributed by atoms with van der Waals surface area (Å²) in [6, 6.07) is 13.1. The van der Waals surface area contributed by atoms with Gasteiger partial charge in [0, 0.05) is 43.0 Å². The van der Waals surface area contributed by atoms with Crippen LogP contribution < -0.4 is 5.73 Å². The number of nitrogen functional groups attached to an aromatic ring is 1. The van der Waals surface area contributed by atoms with Crippen LogP contribution in [0.15, 0.2) is 36.4 Å².